The molecule has 25 heavy (non-hydrogen) atoms. The average molecular weight is 400 g/mol. The second kappa shape index (κ2) is 7.02. The summed E-state index contributed by atoms with van der Waals surface area (Å²) in [6.07, 6.45) is 2.30. The van der Waals surface area contributed by atoms with Crippen molar-refractivity contribution in [2.75, 3.05) is 11.5 Å². The van der Waals surface area contributed by atoms with Crippen molar-refractivity contribution in [1.29, 1.82) is 0 Å². The highest BCUT2D eigenvalue weighted by atomic mass is 35.5. The van der Waals surface area contributed by atoms with E-state index in [1.54, 1.807) is 18.3 Å². The van der Waals surface area contributed by atoms with E-state index >= 15 is 0 Å². The maximum absolute atomic E-state index is 11.5. The van der Waals surface area contributed by atoms with Crippen LogP contribution in [0, 0.1) is 13.8 Å². The molecule has 0 amide bonds. The minimum absolute atomic E-state index is 0.118. The van der Waals surface area contributed by atoms with E-state index in [2.05, 4.69) is 10.5 Å². The largest absolute Gasteiger partial charge is 0.316 e. The van der Waals surface area contributed by atoms with Crippen LogP contribution in [0.3, 0.4) is 0 Å². The highest BCUT2D eigenvalue weighted by Gasteiger charge is 2.27. The van der Waals surface area contributed by atoms with Crippen molar-refractivity contribution in [3.63, 3.8) is 0 Å². The third-order valence-corrected chi connectivity index (χ3v) is 6.64. The molecule has 1 aromatic heterocycles. The van der Waals surface area contributed by atoms with Crippen molar-refractivity contribution < 1.29 is 8.42 Å². The van der Waals surface area contributed by atoms with Crippen LogP contribution in [0.25, 0.3) is 5.69 Å². The SMILES string of the molecule is Cc1cc(/C=N\N[C@@H]2CCS(=O)(=O)C2)c(C)n1-c1cc(Cl)ccc1Cl. The van der Waals surface area contributed by atoms with E-state index in [0.29, 0.717) is 16.5 Å². The second-order valence-electron chi connectivity index (χ2n) is 6.24. The van der Waals surface area contributed by atoms with Crippen LogP contribution in [0.4, 0.5) is 0 Å². The molecule has 134 valence electrons. The summed E-state index contributed by atoms with van der Waals surface area (Å²) in [5, 5.41) is 5.46. The molecule has 8 heteroatoms. The maximum Gasteiger partial charge on any atom is 0.152 e. The molecule has 1 fully saturated rings. The maximum atomic E-state index is 11.5. The number of nitrogens with one attached hydrogen (secondary N) is 1. The lowest BCUT2D eigenvalue weighted by molar-refractivity contribution is 0.578. The quantitative estimate of drug-likeness (QED) is 0.631. The molecular weight excluding hydrogens is 381 g/mol. The Balaban J connectivity index is 1.83. The monoisotopic (exact) mass is 399 g/mol. The number of hydrogen-bond acceptors (Lipinski definition) is 4. The fraction of sp³-hybridized carbons (Fsp3) is 0.353. The number of rotatable bonds is 4. The standard InChI is InChI=1S/C17H19Cl2N3O2S/c1-11-7-13(9-20-21-15-5-6-25(23,24)10-15)12(2)22(11)17-8-14(18)3-4-16(17)19/h3-4,7-9,15,21H,5-6,10H2,1-2H3/b20-9-/t15-/m1/s1. The van der Waals surface area contributed by atoms with E-state index < -0.39 is 9.84 Å². The number of hydrazone groups is 1. The van der Waals surface area contributed by atoms with Crippen molar-refractivity contribution in [3.8, 4) is 5.69 Å². The summed E-state index contributed by atoms with van der Waals surface area (Å²) >= 11 is 12.4. The van der Waals surface area contributed by atoms with Gasteiger partial charge in [-0.05, 0) is 44.5 Å². The number of benzene rings is 1. The zero-order valence-corrected chi connectivity index (χ0v) is 16.3. The van der Waals surface area contributed by atoms with Gasteiger partial charge in [0.25, 0.3) is 0 Å². The number of hydrogen-bond donors (Lipinski definition) is 1. The van der Waals surface area contributed by atoms with Crippen LogP contribution in [0.5, 0.6) is 0 Å². The number of aryl methyl sites for hydroxylation is 1. The molecular formula is C17H19Cl2N3O2S. The van der Waals surface area contributed by atoms with E-state index in [1.165, 1.54) is 0 Å². The van der Waals surface area contributed by atoms with Crippen molar-refractivity contribution in [1.82, 2.24) is 9.99 Å². The summed E-state index contributed by atoms with van der Waals surface area (Å²) in [7, 11) is -2.91. The van der Waals surface area contributed by atoms with Crippen LogP contribution in [0.1, 0.15) is 23.4 Å². The molecule has 1 aliphatic rings. The Labute approximate surface area is 157 Å². The minimum Gasteiger partial charge on any atom is -0.316 e. The van der Waals surface area contributed by atoms with Crippen molar-refractivity contribution in [2.45, 2.75) is 26.3 Å². The van der Waals surface area contributed by atoms with Gasteiger partial charge in [-0.1, -0.05) is 23.2 Å². The Morgan fingerprint density at radius 1 is 1.28 bits per heavy atom. The predicted molar refractivity (Wildman–Crippen MR) is 103 cm³/mol. The van der Waals surface area contributed by atoms with Crippen molar-refractivity contribution in [2.24, 2.45) is 5.10 Å². The van der Waals surface area contributed by atoms with Gasteiger partial charge in [0.15, 0.2) is 9.84 Å². The van der Waals surface area contributed by atoms with Gasteiger partial charge in [0.2, 0.25) is 0 Å². The van der Waals surface area contributed by atoms with Gasteiger partial charge in [-0.3, -0.25) is 0 Å². The van der Waals surface area contributed by atoms with Gasteiger partial charge >= 0.3 is 0 Å². The first kappa shape index (κ1) is 18.3. The third kappa shape index (κ3) is 4.02. The van der Waals surface area contributed by atoms with Gasteiger partial charge in [0.1, 0.15) is 0 Å². The molecule has 3 rings (SSSR count). The molecule has 2 heterocycles. The molecule has 0 radical (unpaired) electrons. The van der Waals surface area contributed by atoms with Crippen LogP contribution in [-0.2, 0) is 9.84 Å². The summed E-state index contributed by atoms with van der Waals surface area (Å²) in [5.74, 6) is 0.365. The van der Waals surface area contributed by atoms with Gasteiger partial charge in [-0.25, -0.2) is 8.42 Å². The fourth-order valence-electron chi connectivity index (χ4n) is 3.06. The zero-order valence-electron chi connectivity index (χ0n) is 14.0. The Hall–Kier alpha value is -1.50. The molecule has 5 nitrogen and oxygen atoms in total. The smallest absolute Gasteiger partial charge is 0.152 e. The first-order valence-electron chi connectivity index (χ1n) is 7.90. The first-order valence-corrected chi connectivity index (χ1v) is 10.5. The van der Waals surface area contributed by atoms with E-state index in [-0.39, 0.29) is 17.5 Å². The summed E-state index contributed by atoms with van der Waals surface area (Å²) < 4.78 is 25.0. The van der Waals surface area contributed by atoms with Crippen LogP contribution in [0.2, 0.25) is 10.0 Å². The lowest BCUT2D eigenvalue weighted by Crippen LogP contribution is -2.25. The fourth-order valence-corrected chi connectivity index (χ4v) is 5.09. The Morgan fingerprint density at radius 2 is 2.04 bits per heavy atom. The first-order chi connectivity index (χ1) is 11.8. The topological polar surface area (TPSA) is 63.5 Å². The third-order valence-electron chi connectivity index (χ3n) is 4.31. The number of halogens is 2. The van der Waals surface area contributed by atoms with Gasteiger partial charge < -0.3 is 9.99 Å². The number of aromatic nitrogens is 1. The van der Waals surface area contributed by atoms with Crippen molar-refractivity contribution in [3.05, 3.63) is 51.3 Å². The molecule has 0 aliphatic carbocycles. The molecule has 1 aromatic carbocycles. The van der Waals surface area contributed by atoms with Gasteiger partial charge in [-0.15, -0.1) is 0 Å². The molecule has 2 aromatic rings. The molecule has 0 bridgehead atoms. The van der Waals surface area contributed by atoms with E-state index in [9.17, 15) is 8.42 Å². The lowest BCUT2D eigenvalue weighted by atomic mass is 10.2. The van der Waals surface area contributed by atoms with Crippen LogP contribution >= 0.6 is 23.2 Å². The van der Waals surface area contributed by atoms with Gasteiger partial charge in [0, 0.05) is 22.0 Å². The Morgan fingerprint density at radius 3 is 2.72 bits per heavy atom. The summed E-state index contributed by atoms with van der Waals surface area (Å²) in [6.45, 7) is 3.96. The average Bonchev–Trinajstić information content (AvgIpc) is 3.02. The lowest BCUT2D eigenvalue weighted by Gasteiger charge is -2.12. The van der Waals surface area contributed by atoms with Crippen LogP contribution in [-0.4, -0.2) is 36.7 Å². The highest BCUT2D eigenvalue weighted by molar-refractivity contribution is 7.91. The zero-order chi connectivity index (χ0) is 18.2. The summed E-state index contributed by atoms with van der Waals surface area (Å²) in [5.41, 5.74) is 6.67. The van der Waals surface area contributed by atoms with Gasteiger partial charge in [0.05, 0.1) is 34.5 Å². The number of nitrogens with zero attached hydrogens (tertiary/aromatic N) is 2. The van der Waals surface area contributed by atoms with Gasteiger partial charge in [-0.2, -0.15) is 5.10 Å². The molecule has 1 saturated heterocycles. The highest BCUT2D eigenvalue weighted by Crippen LogP contribution is 2.28. The van der Waals surface area contributed by atoms with Crippen molar-refractivity contribution >= 4 is 39.3 Å². The number of sulfone groups is 1. The summed E-state index contributed by atoms with van der Waals surface area (Å²) in [4.78, 5) is 0. The summed E-state index contributed by atoms with van der Waals surface area (Å²) in [6, 6.07) is 7.24. The van der Waals surface area contributed by atoms with E-state index in [1.807, 2.05) is 30.5 Å². The Bertz CT molecular complexity index is 936. The molecule has 1 atom stereocenters. The Kier molecular flexibility index (Phi) is 5.14. The molecule has 0 unspecified atom stereocenters. The normalized spacial score (nSPS) is 19.6. The second-order valence-corrected chi connectivity index (χ2v) is 9.32. The molecule has 1 aliphatic heterocycles. The molecule has 0 saturated carbocycles. The molecule has 0 spiro atoms. The van der Waals surface area contributed by atoms with Crippen LogP contribution < -0.4 is 5.43 Å². The predicted octanol–water partition coefficient (Wildman–Crippen LogP) is 3.51. The van der Waals surface area contributed by atoms with E-state index in [0.717, 1.165) is 22.6 Å². The minimum atomic E-state index is -2.91. The van der Waals surface area contributed by atoms with Crippen LogP contribution in [0.15, 0.2) is 29.4 Å². The molecule has 1 N–H and O–H groups in total. The van der Waals surface area contributed by atoms with E-state index in [4.69, 9.17) is 23.2 Å².